The largest absolute Gasteiger partial charge is 1.00 e. The zero-order valence-corrected chi connectivity index (χ0v) is 26.6. The van der Waals surface area contributed by atoms with E-state index in [0.717, 1.165) is 16.9 Å². The van der Waals surface area contributed by atoms with Crippen LogP contribution in [0.3, 0.4) is 0 Å². The summed E-state index contributed by atoms with van der Waals surface area (Å²) in [5.41, 5.74) is 0. The molecular weight excluding hydrogens is 541 g/mol. The van der Waals surface area contributed by atoms with Crippen LogP contribution in [0.2, 0.25) is 6.04 Å². The molecule has 0 aromatic rings. The summed E-state index contributed by atoms with van der Waals surface area (Å²) in [5, 5.41) is 0. The van der Waals surface area contributed by atoms with Crippen LogP contribution in [0.1, 0.15) is 122 Å². The van der Waals surface area contributed by atoms with E-state index in [1.165, 1.54) is 122 Å². The SMILES string of the molecule is CCCCCCCCCCCCCCCCCC[N+](C)(C)CCCC[Si](OC)(OC)OC.[I-]. The summed E-state index contributed by atoms with van der Waals surface area (Å²) in [6, 6.07) is 0.912. The zero-order chi connectivity index (χ0) is 24.0. The Morgan fingerprint density at radius 1 is 0.485 bits per heavy atom. The van der Waals surface area contributed by atoms with E-state index in [0.29, 0.717) is 0 Å². The second-order valence-electron chi connectivity index (χ2n) is 10.4. The minimum absolute atomic E-state index is 0. The molecule has 0 saturated heterocycles. The lowest BCUT2D eigenvalue weighted by molar-refractivity contribution is -0.890. The maximum Gasteiger partial charge on any atom is 0.500 e. The second kappa shape index (κ2) is 24.5. The molecular formula is C27H60INO3Si. The number of hydrogen-bond donors (Lipinski definition) is 0. The minimum atomic E-state index is -2.39. The number of hydrogen-bond acceptors (Lipinski definition) is 3. The molecule has 0 fully saturated rings. The van der Waals surface area contributed by atoms with Crippen molar-refractivity contribution in [2.24, 2.45) is 0 Å². The van der Waals surface area contributed by atoms with Gasteiger partial charge in [0, 0.05) is 27.4 Å². The average Bonchev–Trinajstić information content (AvgIpc) is 2.79. The van der Waals surface area contributed by atoms with Crippen LogP contribution < -0.4 is 24.0 Å². The van der Waals surface area contributed by atoms with Gasteiger partial charge in [-0.25, -0.2) is 0 Å². The monoisotopic (exact) mass is 601 g/mol. The summed E-state index contributed by atoms with van der Waals surface area (Å²) < 4.78 is 17.7. The van der Waals surface area contributed by atoms with Gasteiger partial charge in [-0.15, -0.1) is 0 Å². The van der Waals surface area contributed by atoms with E-state index < -0.39 is 8.80 Å². The van der Waals surface area contributed by atoms with Crippen LogP contribution in [-0.4, -0.2) is 61.8 Å². The Bertz CT molecular complexity index is 387. The van der Waals surface area contributed by atoms with E-state index in [-0.39, 0.29) is 24.0 Å². The zero-order valence-electron chi connectivity index (χ0n) is 23.4. The van der Waals surface area contributed by atoms with Crippen molar-refractivity contribution in [3.63, 3.8) is 0 Å². The van der Waals surface area contributed by atoms with Gasteiger partial charge in [0.05, 0.1) is 27.2 Å². The Morgan fingerprint density at radius 2 is 0.788 bits per heavy atom. The van der Waals surface area contributed by atoms with Crippen LogP contribution in [0.15, 0.2) is 0 Å². The summed E-state index contributed by atoms with van der Waals surface area (Å²) in [6.07, 6.45) is 25.3. The lowest BCUT2D eigenvalue weighted by Crippen LogP contribution is -3.00. The van der Waals surface area contributed by atoms with Gasteiger partial charge < -0.3 is 41.7 Å². The van der Waals surface area contributed by atoms with Gasteiger partial charge >= 0.3 is 8.80 Å². The predicted octanol–water partition coefficient (Wildman–Crippen LogP) is 4.99. The van der Waals surface area contributed by atoms with Crippen molar-refractivity contribution in [3.05, 3.63) is 0 Å². The van der Waals surface area contributed by atoms with E-state index in [2.05, 4.69) is 21.0 Å². The van der Waals surface area contributed by atoms with Crippen LogP contribution in [-0.2, 0) is 13.3 Å². The lowest BCUT2D eigenvalue weighted by Gasteiger charge is -2.30. The van der Waals surface area contributed by atoms with Gasteiger partial charge in [-0.1, -0.05) is 96.8 Å². The molecule has 0 spiro atoms. The van der Waals surface area contributed by atoms with E-state index in [1.807, 2.05) is 0 Å². The molecule has 0 aliphatic rings. The summed E-state index contributed by atoms with van der Waals surface area (Å²) in [6.45, 7) is 4.81. The van der Waals surface area contributed by atoms with E-state index in [4.69, 9.17) is 13.3 Å². The molecule has 0 amide bonds. The molecule has 0 aliphatic carbocycles. The van der Waals surface area contributed by atoms with Crippen LogP contribution in [0, 0.1) is 0 Å². The maximum absolute atomic E-state index is 5.52. The van der Waals surface area contributed by atoms with Crippen LogP contribution in [0.5, 0.6) is 0 Å². The molecule has 0 rings (SSSR count). The first-order valence-electron chi connectivity index (χ1n) is 13.9. The molecule has 0 heterocycles. The normalized spacial score (nSPS) is 12.2. The number of halogens is 1. The van der Waals surface area contributed by atoms with Crippen molar-refractivity contribution in [1.82, 2.24) is 0 Å². The first-order valence-corrected chi connectivity index (χ1v) is 15.9. The fourth-order valence-corrected chi connectivity index (χ4v) is 6.43. The van der Waals surface area contributed by atoms with Gasteiger partial charge in [0.1, 0.15) is 0 Å². The number of nitrogens with zero attached hydrogens (tertiary/aromatic N) is 1. The smallest absolute Gasteiger partial charge is 0.500 e. The van der Waals surface area contributed by atoms with Crippen molar-refractivity contribution < 1.29 is 41.7 Å². The molecule has 0 aromatic heterocycles. The number of rotatable bonds is 25. The quantitative estimate of drug-likeness (QED) is 0.0639. The van der Waals surface area contributed by atoms with Gasteiger partial charge in [0.2, 0.25) is 0 Å². The van der Waals surface area contributed by atoms with Crippen molar-refractivity contribution >= 4 is 8.80 Å². The minimum Gasteiger partial charge on any atom is -1.00 e. The summed E-state index contributed by atoms with van der Waals surface area (Å²) in [5.74, 6) is 0. The Morgan fingerprint density at radius 3 is 1.12 bits per heavy atom. The third-order valence-electron chi connectivity index (χ3n) is 7.05. The summed E-state index contributed by atoms with van der Waals surface area (Å²) in [4.78, 5) is 0. The molecule has 0 saturated carbocycles. The molecule has 4 nitrogen and oxygen atoms in total. The molecule has 0 atom stereocenters. The molecule has 6 heteroatoms. The Balaban J connectivity index is 0. The van der Waals surface area contributed by atoms with E-state index >= 15 is 0 Å². The van der Waals surface area contributed by atoms with E-state index in [1.54, 1.807) is 21.3 Å². The third kappa shape index (κ3) is 21.8. The van der Waals surface area contributed by atoms with Gasteiger partial charge in [-0.3, -0.25) is 0 Å². The molecule has 0 aromatic carbocycles. The molecule has 0 radical (unpaired) electrons. The summed E-state index contributed by atoms with van der Waals surface area (Å²) >= 11 is 0. The fraction of sp³-hybridized carbons (Fsp3) is 1.00. The highest BCUT2D eigenvalue weighted by molar-refractivity contribution is 6.60. The molecule has 33 heavy (non-hydrogen) atoms. The molecule has 0 unspecified atom stereocenters. The molecule has 0 N–H and O–H groups in total. The molecule has 0 aliphatic heterocycles. The van der Waals surface area contributed by atoms with Crippen LogP contribution in [0.25, 0.3) is 0 Å². The predicted molar refractivity (Wildman–Crippen MR) is 142 cm³/mol. The van der Waals surface area contributed by atoms with Gasteiger partial charge in [0.25, 0.3) is 0 Å². The Hall–Kier alpha value is 0.787. The van der Waals surface area contributed by atoms with Gasteiger partial charge in [-0.05, 0) is 25.7 Å². The van der Waals surface area contributed by atoms with Crippen molar-refractivity contribution in [2.75, 3.05) is 48.5 Å². The van der Waals surface area contributed by atoms with Crippen LogP contribution in [0.4, 0.5) is 0 Å². The number of quaternary nitrogens is 1. The molecule has 202 valence electrons. The third-order valence-corrected chi connectivity index (χ3v) is 9.88. The second-order valence-corrected chi connectivity index (χ2v) is 13.5. The van der Waals surface area contributed by atoms with Gasteiger partial charge in [0.15, 0.2) is 0 Å². The summed E-state index contributed by atoms with van der Waals surface area (Å²) in [7, 11) is 7.48. The number of unbranched alkanes of at least 4 members (excludes halogenated alkanes) is 16. The fourth-order valence-electron chi connectivity index (χ4n) is 4.64. The first kappa shape index (κ1) is 35.9. The van der Waals surface area contributed by atoms with Crippen molar-refractivity contribution in [1.29, 1.82) is 0 Å². The Kier molecular flexibility index (Phi) is 26.7. The topological polar surface area (TPSA) is 27.7 Å². The maximum atomic E-state index is 5.52. The van der Waals surface area contributed by atoms with Crippen molar-refractivity contribution in [2.45, 2.75) is 129 Å². The highest BCUT2D eigenvalue weighted by Gasteiger charge is 2.37. The van der Waals surface area contributed by atoms with E-state index in [9.17, 15) is 0 Å². The average molecular weight is 602 g/mol. The van der Waals surface area contributed by atoms with Crippen LogP contribution >= 0.6 is 0 Å². The highest BCUT2D eigenvalue weighted by Crippen LogP contribution is 2.18. The standard InChI is InChI=1S/C27H60NO3Si.HI/c1-7-8-9-10-11-12-13-14-15-16-17-18-19-20-21-22-25-28(2,3)26-23-24-27-32(29-4,30-5)31-6;/h7-27H2,1-6H3;1H/q+1;/p-1. The van der Waals surface area contributed by atoms with Gasteiger partial charge in [-0.2, -0.15) is 0 Å². The highest BCUT2D eigenvalue weighted by atomic mass is 127. The molecule has 0 bridgehead atoms. The Labute approximate surface area is 226 Å². The first-order chi connectivity index (χ1) is 15.4. The van der Waals surface area contributed by atoms with Crippen molar-refractivity contribution in [3.8, 4) is 0 Å². The lowest BCUT2D eigenvalue weighted by atomic mass is 10.0.